The van der Waals surface area contributed by atoms with Gasteiger partial charge in [-0.15, -0.1) is 0 Å². The predicted octanol–water partition coefficient (Wildman–Crippen LogP) is 2.67. The maximum Gasteiger partial charge on any atom is 0.409 e. The zero-order valence-electron chi connectivity index (χ0n) is 11.8. The summed E-state index contributed by atoms with van der Waals surface area (Å²) in [4.78, 5) is 21.8. The summed E-state index contributed by atoms with van der Waals surface area (Å²) in [5.41, 5.74) is -0.333. The number of fused-ring (bicyclic) bond motifs is 1. The minimum Gasteiger partial charge on any atom is -0.481 e. The Kier molecular flexibility index (Phi) is 3.29. The molecule has 2 atom stereocenters. The minimum atomic E-state index is -2.01. The molecule has 0 radical (unpaired) electrons. The summed E-state index contributed by atoms with van der Waals surface area (Å²) < 4.78 is 10.6. The second kappa shape index (κ2) is 5.14. The van der Waals surface area contributed by atoms with Crippen LogP contribution in [0, 0.1) is 10.1 Å². The standard InChI is InChI=1S/C16H13NO5/c1-11(18)22-16(17(19)20)8-7-13-9-14(21-15(13)10-16)12-5-3-2-4-6-12/h2-10,14H,1H3. The normalized spacial score (nSPS) is 25.6. The van der Waals surface area contributed by atoms with Gasteiger partial charge in [0.25, 0.3) is 0 Å². The monoisotopic (exact) mass is 299 g/mol. The zero-order valence-corrected chi connectivity index (χ0v) is 11.8. The second-order valence-corrected chi connectivity index (χ2v) is 5.02. The lowest BCUT2D eigenvalue weighted by Gasteiger charge is -2.21. The van der Waals surface area contributed by atoms with Crippen molar-refractivity contribution in [1.29, 1.82) is 0 Å². The van der Waals surface area contributed by atoms with Crippen molar-refractivity contribution in [3.05, 3.63) is 81.6 Å². The molecule has 0 bridgehead atoms. The van der Waals surface area contributed by atoms with Gasteiger partial charge in [-0.1, -0.05) is 30.3 Å². The highest BCUT2D eigenvalue weighted by Crippen LogP contribution is 2.39. The van der Waals surface area contributed by atoms with E-state index in [1.54, 1.807) is 6.08 Å². The number of allylic oxidation sites excluding steroid dienone is 1. The van der Waals surface area contributed by atoms with Crippen LogP contribution >= 0.6 is 0 Å². The number of esters is 1. The molecular weight excluding hydrogens is 286 g/mol. The topological polar surface area (TPSA) is 78.7 Å². The molecule has 0 saturated carbocycles. The van der Waals surface area contributed by atoms with Crippen LogP contribution in [-0.2, 0) is 14.3 Å². The summed E-state index contributed by atoms with van der Waals surface area (Å²) in [5.74, 6) is -0.391. The van der Waals surface area contributed by atoms with Crippen LogP contribution in [-0.4, -0.2) is 16.6 Å². The summed E-state index contributed by atoms with van der Waals surface area (Å²) in [7, 11) is 0. The summed E-state index contributed by atoms with van der Waals surface area (Å²) in [6.45, 7) is 1.13. The van der Waals surface area contributed by atoms with E-state index < -0.39 is 16.6 Å². The Hall–Kier alpha value is -2.89. The number of hydrogen-bond donors (Lipinski definition) is 0. The highest BCUT2D eigenvalue weighted by Gasteiger charge is 2.46. The van der Waals surface area contributed by atoms with E-state index >= 15 is 0 Å². The number of nitro groups is 1. The van der Waals surface area contributed by atoms with Crippen molar-refractivity contribution in [2.45, 2.75) is 18.8 Å². The number of hydrogen-bond acceptors (Lipinski definition) is 5. The molecule has 0 saturated heterocycles. The zero-order chi connectivity index (χ0) is 15.7. The highest BCUT2D eigenvalue weighted by atomic mass is 16.7. The fraction of sp³-hybridized carbons (Fsp3) is 0.188. The van der Waals surface area contributed by atoms with Crippen molar-refractivity contribution in [1.82, 2.24) is 0 Å². The van der Waals surface area contributed by atoms with E-state index in [0.29, 0.717) is 5.76 Å². The van der Waals surface area contributed by atoms with Crippen molar-refractivity contribution in [3.8, 4) is 0 Å². The lowest BCUT2D eigenvalue weighted by atomic mass is 10.0. The molecular formula is C16H13NO5. The van der Waals surface area contributed by atoms with Crippen LogP contribution in [0.5, 0.6) is 0 Å². The molecule has 2 unspecified atom stereocenters. The average Bonchev–Trinajstić information content (AvgIpc) is 2.90. The van der Waals surface area contributed by atoms with Crippen LogP contribution in [0.3, 0.4) is 0 Å². The number of nitrogens with zero attached hydrogens (tertiary/aromatic N) is 1. The predicted molar refractivity (Wildman–Crippen MR) is 77.1 cm³/mol. The minimum absolute atomic E-state index is 0.313. The molecule has 0 spiro atoms. The van der Waals surface area contributed by atoms with Gasteiger partial charge in [-0.05, 0) is 17.7 Å². The summed E-state index contributed by atoms with van der Waals surface area (Å²) in [6.07, 6.45) is 5.58. The third-order valence-corrected chi connectivity index (χ3v) is 3.43. The number of ether oxygens (including phenoxy) is 2. The third kappa shape index (κ3) is 2.39. The second-order valence-electron chi connectivity index (χ2n) is 5.02. The fourth-order valence-corrected chi connectivity index (χ4v) is 2.44. The summed E-state index contributed by atoms with van der Waals surface area (Å²) >= 11 is 0. The molecule has 6 heteroatoms. The van der Waals surface area contributed by atoms with Gasteiger partial charge in [0, 0.05) is 18.6 Å². The van der Waals surface area contributed by atoms with Gasteiger partial charge in [-0.25, -0.2) is 0 Å². The molecule has 3 rings (SSSR count). The molecule has 0 amide bonds. The Morgan fingerprint density at radius 3 is 2.73 bits per heavy atom. The van der Waals surface area contributed by atoms with Gasteiger partial charge >= 0.3 is 11.7 Å². The van der Waals surface area contributed by atoms with E-state index in [2.05, 4.69) is 0 Å². The van der Waals surface area contributed by atoms with Gasteiger partial charge in [0.2, 0.25) is 0 Å². The SMILES string of the molecule is CC(=O)OC1([N+](=O)[O-])C=CC2=CC(c3ccccc3)OC2=C1. The average molecular weight is 299 g/mol. The van der Waals surface area contributed by atoms with E-state index in [1.165, 1.54) is 12.2 Å². The maximum atomic E-state index is 11.3. The fourth-order valence-electron chi connectivity index (χ4n) is 2.44. The summed E-state index contributed by atoms with van der Waals surface area (Å²) in [5, 5.41) is 11.3. The van der Waals surface area contributed by atoms with E-state index in [0.717, 1.165) is 18.1 Å². The van der Waals surface area contributed by atoms with Gasteiger partial charge in [0.05, 0.1) is 11.0 Å². The first-order chi connectivity index (χ1) is 10.5. The molecule has 2 aliphatic rings. The lowest BCUT2D eigenvalue weighted by molar-refractivity contribution is -0.589. The molecule has 1 aliphatic heterocycles. The van der Waals surface area contributed by atoms with Crippen LogP contribution in [0.4, 0.5) is 0 Å². The first-order valence-electron chi connectivity index (χ1n) is 6.70. The number of rotatable bonds is 3. The van der Waals surface area contributed by atoms with Crippen molar-refractivity contribution in [2.24, 2.45) is 0 Å². The molecule has 0 aromatic heterocycles. The molecule has 6 nitrogen and oxygen atoms in total. The first-order valence-corrected chi connectivity index (χ1v) is 6.70. The van der Waals surface area contributed by atoms with Crippen molar-refractivity contribution < 1.29 is 19.2 Å². The van der Waals surface area contributed by atoms with Gasteiger partial charge in [0.1, 0.15) is 11.9 Å². The van der Waals surface area contributed by atoms with E-state index in [9.17, 15) is 14.9 Å². The van der Waals surface area contributed by atoms with Crippen molar-refractivity contribution >= 4 is 5.97 Å². The van der Waals surface area contributed by atoms with E-state index in [-0.39, 0.29) is 6.10 Å². The quantitative estimate of drug-likeness (QED) is 0.371. The molecule has 1 heterocycles. The molecule has 0 fully saturated rings. The smallest absolute Gasteiger partial charge is 0.409 e. The Labute approximate surface area is 126 Å². The highest BCUT2D eigenvalue weighted by molar-refractivity contribution is 5.67. The first kappa shape index (κ1) is 14.1. The lowest BCUT2D eigenvalue weighted by Crippen LogP contribution is -2.40. The van der Waals surface area contributed by atoms with Crippen LogP contribution in [0.1, 0.15) is 18.6 Å². The van der Waals surface area contributed by atoms with Gasteiger partial charge in [-0.3, -0.25) is 14.9 Å². The largest absolute Gasteiger partial charge is 0.481 e. The number of carbonyl (C=O) groups is 1. The molecule has 1 aliphatic carbocycles. The molecule has 112 valence electrons. The van der Waals surface area contributed by atoms with Crippen LogP contribution in [0.15, 0.2) is 66.0 Å². The molecule has 1 aromatic carbocycles. The Morgan fingerprint density at radius 1 is 1.36 bits per heavy atom. The summed E-state index contributed by atoms with van der Waals surface area (Å²) in [6, 6.07) is 9.51. The Morgan fingerprint density at radius 2 is 2.09 bits per heavy atom. The molecule has 0 N–H and O–H groups in total. The Balaban J connectivity index is 1.93. The number of carbonyl (C=O) groups excluding carboxylic acids is 1. The molecule has 22 heavy (non-hydrogen) atoms. The van der Waals surface area contributed by atoms with Crippen LogP contribution in [0.25, 0.3) is 0 Å². The van der Waals surface area contributed by atoms with Crippen molar-refractivity contribution in [3.63, 3.8) is 0 Å². The van der Waals surface area contributed by atoms with Crippen LogP contribution in [0.2, 0.25) is 0 Å². The Bertz CT molecular complexity index is 719. The van der Waals surface area contributed by atoms with E-state index in [1.807, 2.05) is 36.4 Å². The van der Waals surface area contributed by atoms with E-state index in [4.69, 9.17) is 9.47 Å². The van der Waals surface area contributed by atoms with Gasteiger partial charge < -0.3 is 9.47 Å². The third-order valence-electron chi connectivity index (χ3n) is 3.43. The number of benzene rings is 1. The maximum absolute atomic E-state index is 11.3. The van der Waals surface area contributed by atoms with Gasteiger partial charge in [0.15, 0.2) is 0 Å². The van der Waals surface area contributed by atoms with Crippen molar-refractivity contribution in [2.75, 3.05) is 0 Å². The van der Waals surface area contributed by atoms with Gasteiger partial charge in [-0.2, -0.15) is 0 Å². The van der Waals surface area contributed by atoms with Crippen LogP contribution < -0.4 is 0 Å². The molecule has 1 aromatic rings.